The molecule has 1 atom stereocenters. The van der Waals surface area contributed by atoms with E-state index in [1.807, 2.05) is 18.2 Å². The van der Waals surface area contributed by atoms with Crippen LogP contribution in [0.3, 0.4) is 0 Å². The van der Waals surface area contributed by atoms with Crippen molar-refractivity contribution in [1.29, 1.82) is 0 Å². The van der Waals surface area contributed by atoms with Gasteiger partial charge in [0.15, 0.2) is 0 Å². The summed E-state index contributed by atoms with van der Waals surface area (Å²) >= 11 is 0. The van der Waals surface area contributed by atoms with E-state index in [1.54, 1.807) is 6.92 Å². The van der Waals surface area contributed by atoms with Crippen molar-refractivity contribution >= 4 is 5.69 Å². The van der Waals surface area contributed by atoms with Crippen molar-refractivity contribution in [2.45, 2.75) is 39.2 Å². The number of aryl methyl sites for hydroxylation is 1. The number of hydrogen-bond donors (Lipinski definition) is 1. The summed E-state index contributed by atoms with van der Waals surface area (Å²) in [6, 6.07) is 15.9. The highest BCUT2D eigenvalue weighted by atomic mass is 19.1. The number of anilines is 1. The van der Waals surface area contributed by atoms with Crippen molar-refractivity contribution in [1.82, 2.24) is 0 Å². The minimum atomic E-state index is -0.152. The number of unbranched alkanes of at least 4 members (excludes halogenated alkanes) is 1. The second kappa shape index (κ2) is 7.09. The van der Waals surface area contributed by atoms with E-state index in [0.29, 0.717) is 5.56 Å². The zero-order valence-corrected chi connectivity index (χ0v) is 12.2. The molecule has 2 aromatic rings. The molecule has 0 aliphatic rings. The van der Waals surface area contributed by atoms with E-state index in [4.69, 9.17) is 0 Å². The summed E-state index contributed by atoms with van der Waals surface area (Å²) in [6.45, 7) is 3.99. The van der Waals surface area contributed by atoms with E-state index in [1.165, 1.54) is 24.5 Å². The third-order valence-electron chi connectivity index (χ3n) is 3.55. The van der Waals surface area contributed by atoms with Gasteiger partial charge < -0.3 is 5.32 Å². The van der Waals surface area contributed by atoms with Crippen molar-refractivity contribution < 1.29 is 4.39 Å². The van der Waals surface area contributed by atoms with Crippen molar-refractivity contribution in [2.24, 2.45) is 0 Å². The Morgan fingerprint density at radius 1 is 1.10 bits per heavy atom. The van der Waals surface area contributed by atoms with Crippen molar-refractivity contribution in [3.63, 3.8) is 0 Å². The molecule has 0 bridgehead atoms. The number of rotatable bonds is 6. The van der Waals surface area contributed by atoms with Gasteiger partial charge in [0, 0.05) is 5.69 Å². The molecule has 1 unspecified atom stereocenters. The lowest BCUT2D eigenvalue weighted by atomic mass is 10.0. The van der Waals surface area contributed by atoms with Gasteiger partial charge in [0.25, 0.3) is 0 Å². The molecule has 0 saturated heterocycles. The Morgan fingerprint density at radius 2 is 1.85 bits per heavy atom. The van der Waals surface area contributed by atoms with Crippen LogP contribution in [0.15, 0.2) is 48.5 Å². The third kappa shape index (κ3) is 3.83. The fraction of sp³-hybridized carbons (Fsp3) is 0.333. The molecule has 0 amide bonds. The molecule has 2 aromatic carbocycles. The number of benzene rings is 2. The van der Waals surface area contributed by atoms with Gasteiger partial charge in [-0.05, 0) is 42.7 Å². The fourth-order valence-electron chi connectivity index (χ4n) is 2.35. The highest BCUT2D eigenvalue weighted by Crippen LogP contribution is 2.25. The largest absolute Gasteiger partial charge is 0.378 e. The molecule has 0 fully saturated rings. The minimum Gasteiger partial charge on any atom is -0.378 e. The lowest BCUT2D eigenvalue weighted by molar-refractivity contribution is 0.616. The smallest absolute Gasteiger partial charge is 0.126 e. The van der Waals surface area contributed by atoms with Crippen LogP contribution in [-0.2, 0) is 0 Å². The average molecular weight is 271 g/mol. The van der Waals surface area contributed by atoms with Gasteiger partial charge in [-0.2, -0.15) is 0 Å². The first kappa shape index (κ1) is 14.6. The number of hydrogen-bond acceptors (Lipinski definition) is 1. The normalized spacial score (nSPS) is 12.2. The molecular formula is C18H22FN. The van der Waals surface area contributed by atoms with Gasteiger partial charge in [0.05, 0.1) is 6.04 Å². The van der Waals surface area contributed by atoms with Crippen LogP contribution >= 0.6 is 0 Å². The van der Waals surface area contributed by atoms with Crippen molar-refractivity contribution in [3.8, 4) is 0 Å². The Balaban J connectivity index is 2.17. The predicted octanol–water partition coefficient (Wildman–Crippen LogP) is 5.48. The Hall–Kier alpha value is -1.83. The van der Waals surface area contributed by atoms with Gasteiger partial charge in [0.2, 0.25) is 0 Å². The Morgan fingerprint density at radius 3 is 2.50 bits per heavy atom. The number of halogens is 1. The predicted molar refractivity (Wildman–Crippen MR) is 83.5 cm³/mol. The van der Waals surface area contributed by atoms with E-state index in [2.05, 4.69) is 36.5 Å². The summed E-state index contributed by atoms with van der Waals surface area (Å²) in [4.78, 5) is 0. The van der Waals surface area contributed by atoms with Crippen LogP contribution in [0.25, 0.3) is 0 Å². The molecule has 0 saturated carbocycles. The quantitative estimate of drug-likeness (QED) is 0.733. The topological polar surface area (TPSA) is 12.0 Å². The average Bonchev–Trinajstić information content (AvgIpc) is 2.48. The molecule has 1 nitrogen and oxygen atoms in total. The van der Waals surface area contributed by atoms with Crippen LogP contribution in [0.5, 0.6) is 0 Å². The van der Waals surface area contributed by atoms with Crippen molar-refractivity contribution in [2.75, 3.05) is 5.32 Å². The maximum Gasteiger partial charge on any atom is 0.126 e. The minimum absolute atomic E-state index is 0.152. The Kier molecular flexibility index (Phi) is 5.16. The fourth-order valence-corrected chi connectivity index (χ4v) is 2.35. The summed E-state index contributed by atoms with van der Waals surface area (Å²) in [6.07, 6.45) is 3.43. The molecule has 20 heavy (non-hydrogen) atoms. The van der Waals surface area contributed by atoms with Gasteiger partial charge in [-0.25, -0.2) is 4.39 Å². The van der Waals surface area contributed by atoms with E-state index in [-0.39, 0.29) is 11.9 Å². The van der Waals surface area contributed by atoms with Gasteiger partial charge in [-0.1, -0.05) is 50.1 Å². The molecule has 0 aliphatic carbocycles. The van der Waals surface area contributed by atoms with Gasteiger partial charge >= 0.3 is 0 Å². The monoisotopic (exact) mass is 271 g/mol. The highest BCUT2D eigenvalue weighted by Gasteiger charge is 2.11. The van der Waals surface area contributed by atoms with Crippen molar-refractivity contribution in [3.05, 3.63) is 65.5 Å². The molecule has 1 N–H and O–H groups in total. The Bertz CT molecular complexity index is 536. The van der Waals surface area contributed by atoms with Crippen LogP contribution in [0.4, 0.5) is 10.1 Å². The van der Waals surface area contributed by atoms with Crippen LogP contribution in [0, 0.1) is 12.7 Å². The van der Waals surface area contributed by atoms with Crippen LogP contribution in [-0.4, -0.2) is 0 Å². The maximum absolute atomic E-state index is 13.3. The van der Waals surface area contributed by atoms with E-state index < -0.39 is 0 Å². The van der Waals surface area contributed by atoms with Gasteiger partial charge in [0.1, 0.15) is 5.82 Å². The number of nitrogens with one attached hydrogen (secondary N) is 1. The first-order valence-corrected chi connectivity index (χ1v) is 7.28. The van der Waals surface area contributed by atoms with Crippen LogP contribution in [0.1, 0.15) is 43.4 Å². The van der Waals surface area contributed by atoms with E-state index in [0.717, 1.165) is 12.1 Å². The summed E-state index contributed by atoms with van der Waals surface area (Å²) in [7, 11) is 0. The standard InChI is InChI=1S/C18H22FN/c1-3-4-10-18(15-8-6-5-7-9-15)20-16-11-12-17(19)14(2)13-16/h5-9,11-13,18,20H,3-4,10H2,1-2H3. The highest BCUT2D eigenvalue weighted by molar-refractivity contribution is 5.48. The maximum atomic E-state index is 13.3. The molecule has 0 aromatic heterocycles. The molecule has 2 rings (SSSR count). The lowest BCUT2D eigenvalue weighted by Crippen LogP contribution is -2.11. The second-order valence-corrected chi connectivity index (χ2v) is 5.21. The molecule has 0 heterocycles. The van der Waals surface area contributed by atoms with E-state index in [9.17, 15) is 4.39 Å². The summed E-state index contributed by atoms with van der Waals surface area (Å²) in [5.41, 5.74) is 2.94. The summed E-state index contributed by atoms with van der Waals surface area (Å²) in [5.74, 6) is -0.152. The molecule has 0 aliphatic heterocycles. The second-order valence-electron chi connectivity index (χ2n) is 5.21. The molecule has 2 heteroatoms. The molecule has 0 radical (unpaired) electrons. The molecule has 106 valence electrons. The zero-order chi connectivity index (χ0) is 14.4. The zero-order valence-electron chi connectivity index (χ0n) is 12.2. The Labute approximate surface area is 120 Å². The summed E-state index contributed by atoms with van der Waals surface area (Å²) in [5, 5.41) is 3.53. The van der Waals surface area contributed by atoms with Gasteiger partial charge in [-0.15, -0.1) is 0 Å². The third-order valence-corrected chi connectivity index (χ3v) is 3.55. The lowest BCUT2D eigenvalue weighted by Gasteiger charge is -2.20. The molecular weight excluding hydrogens is 249 g/mol. The summed E-state index contributed by atoms with van der Waals surface area (Å²) < 4.78 is 13.3. The first-order valence-electron chi connectivity index (χ1n) is 7.28. The van der Waals surface area contributed by atoms with Crippen LogP contribution in [0.2, 0.25) is 0 Å². The van der Waals surface area contributed by atoms with Crippen LogP contribution < -0.4 is 5.32 Å². The SMILES string of the molecule is CCCCC(Nc1ccc(F)c(C)c1)c1ccccc1. The van der Waals surface area contributed by atoms with Gasteiger partial charge in [-0.3, -0.25) is 0 Å². The first-order chi connectivity index (χ1) is 9.70. The molecule has 0 spiro atoms. The van der Waals surface area contributed by atoms with E-state index >= 15 is 0 Å².